The predicted molar refractivity (Wildman–Crippen MR) is 317 cm³/mol. The lowest BCUT2D eigenvalue weighted by atomic mass is 10.1. The number of hydrogen-bond donors (Lipinski definition) is 0. The largest absolute Gasteiger partial charge is 0.207 e. The van der Waals surface area contributed by atoms with Crippen LogP contribution in [0.4, 0.5) is 43.9 Å². The van der Waals surface area contributed by atoms with Crippen molar-refractivity contribution in [2.24, 2.45) is 0 Å². The molecular formula is C64H64Cl6F10. The zero-order chi connectivity index (χ0) is 61.8. The molecule has 0 amide bonds. The van der Waals surface area contributed by atoms with E-state index < -0.39 is 29.1 Å². The molecule has 0 N–H and O–H groups in total. The Balaban J connectivity index is 0.000000458. The topological polar surface area (TPSA) is 0 Å². The van der Waals surface area contributed by atoms with E-state index in [0.29, 0.717) is 43.4 Å². The first-order chi connectivity index (χ1) is 37.0. The van der Waals surface area contributed by atoms with Crippen LogP contribution < -0.4 is 0 Å². The molecule has 0 aromatic heterocycles. The summed E-state index contributed by atoms with van der Waals surface area (Å²) in [5.41, 5.74) is 9.65. The summed E-state index contributed by atoms with van der Waals surface area (Å²) in [6.45, 7) is 27.0. The molecule has 0 unspecified atom stereocenters. The van der Waals surface area contributed by atoms with Crippen LogP contribution in [-0.4, -0.2) is 0 Å². The van der Waals surface area contributed by atoms with Gasteiger partial charge in [-0.15, -0.1) is 0 Å². The third kappa shape index (κ3) is 23.0. The maximum absolute atomic E-state index is 12.9. The van der Waals surface area contributed by atoms with Crippen LogP contribution in [0.25, 0.3) is 0 Å². The van der Waals surface area contributed by atoms with Crippen molar-refractivity contribution in [3.63, 3.8) is 0 Å². The Hall–Kier alpha value is -5.20. The van der Waals surface area contributed by atoms with Gasteiger partial charge in [0.15, 0.2) is 11.6 Å². The van der Waals surface area contributed by atoms with Gasteiger partial charge in [-0.3, -0.25) is 0 Å². The van der Waals surface area contributed by atoms with Crippen LogP contribution in [0.15, 0.2) is 97.1 Å². The van der Waals surface area contributed by atoms with Gasteiger partial charge in [0, 0.05) is 16.1 Å². The lowest BCUT2D eigenvalue weighted by molar-refractivity contribution is 0.480. The standard InChI is InChI=1S/C8H8Cl2.C8H7ClF2.2C8H8ClF.C8H9Cl.C8H7F3.C8H8F2.C8H9F/c1-5-3-4-6(2)8(10)7(5)9;1-4-3-6(10)5(2)8(11)7(4)9;2*1-5-3-4-6(2)8(10)7(5)9;1-6-3-4-7(2)8(9)5-6;1-4-3-6(9)5(2)8(11)7(4)10;1-5-3-8(10)6(2)4-7(5)9;1-6-3-4-7(2)8(9)5-6/h3-4H,1-2H3;3H,1-2H3;2*3-4H,1-2H3;3-5H,1-2H3;3H,1-2H3;3-4H,1-2H3;3-5H,1-2H3. The summed E-state index contributed by atoms with van der Waals surface area (Å²) in [7, 11) is 0. The van der Waals surface area contributed by atoms with Gasteiger partial charge >= 0.3 is 0 Å². The number of aryl methyl sites for hydroxylation is 14. The molecule has 0 nitrogen and oxygen atoms in total. The molecule has 0 spiro atoms. The molecule has 8 aromatic carbocycles. The Labute approximate surface area is 495 Å². The molecule has 0 radical (unpaired) electrons. The van der Waals surface area contributed by atoms with Crippen molar-refractivity contribution in [3.05, 3.63) is 274 Å². The number of hydrogen-bond acceptors (Lipinski definition) is 0. The van der Waals surface area contributed by atoms with Gasteiger partial charge in [0.1, 0.15) is 46.5 Å². The van der Waals surface area contributed by atoms with Crippen LogP contribution in [0.1, 0.15) is 89.0 Å². The van der Waals surface area contributed by atoms with Gasteiger partial charge in [0.25, 0.3) is 0 Å². The second kappa shape index (κ2) is 34.3. The van der Waals surface area contributed by atoms with Crippen molar-refractivity contribution in [2.75, 3.05) is 0 Å². The second-order valence-electron chi connectivity index (χ2n) is 18.7. The van der Waals surface area contributed by atoms with E-state index in [9.17, 15) is 43.9 Å². The number of rotatable bonds is 0. The fourth-order valence-electron chi connectivity index (χ4n) is 5.98. The molecule has 0 heterocycles. The quantitative estimate of drug-likeness (QED) is 0.105. The third-order valence-electron chi connectivity index (χ3n) is 11.6. The maximum Gasteiger partial charge on any atom is 0.164 e. The Morgan fingerprint density at radius 3 is 0.850 bits per heavy atom. The molecule has 80 heavy (non-hydrogen) atoms. The van der Waals surface area contributed by atoms with Crippen molar-refractivity contribution in [1.29, 1.82) is 0 Å². The highest BCUT2D eigenvalue weighted by Crippen LogP contribution is 2.29. The summed E-state index contributed by atoms with van der Waals surface area (Å²) in [6.07, 6.45) is 0. The Bertz CT molecular complexity index is 2950. The highest BCUT2D eigenvalue weighted by atomic mass is 35.5. The summed E-state index contributed by atoms with van der Waals surface area (Å²) in [5.74, 6) is -5.41. The number of halogens is 16. The average molecular weight is 1240 g/mol. The first-order valence-electron chi connectivity index (χ1n) is 24.3. The summed E-state index contributed by atoms with van der Waals surface area (Å²) >= 11 is 34.2. The van der Waals surface area contributed by atoms with Gasteiger partial charge in [-0.1, -0.05) is 130 Å². The van der Waals surface area contributed by atoms with Crippen molar-refractivity contribution in [3.8, 4) is 0 Å². The molecule has 0 aliphatic heterocycles. The zero-order valence-electron chi connectivity index (χ0n) is 47.3. The van der Waals surface area contributed by atoms with Gasteiger partial charge in [-0.2, -0.15) is 0 Å². The van der Waals surface area contributed by atoms with E-state index in [1.165, 1.54) is 64.4 Å². The molecule has 0 saturated heterocycles. The first-order valence-corrected chi connectivity index (χ1v) is 26.6. The molecule has 0 bridgehead atoms. The molecular weight excluding hydrogens is 1170 g/mol. The monoisotopic (exact) mass is 1230 g/mol. The summed E-state index contributed by atoms with van der Waals surface area (Å²) in [4.78, 5) is 0. The van der Waals surface area contributed by atoms with Crippen LogP contribution >= 0.6 is 69.6 Å². The van der Waals surface area contributed by atoms with Crippen LogP contribution in [0.3, 0.4) is 0 Å². The van der Waals surface area contributed by atoms with E-state index in [0.717, 1.165) is 44.5 Å². The smallest absolute Gasteiger partial charge is 0.164 e. The van der Waals surface area contributed by atoms with Gasteiger partial charge in [0.2, 0.25) is 0 Å². The summed E-state index contributed by atoms with van der Waals surface area (Å²) in [6, 6.07) is 26.8. The van der Waals surface area contributed by atoms with Gasteiger partial charge in [-0.25, -0.2) is 43.9 Å². The second-order valence-corrected chi connectivity index (χ2v) is 21.0. The first kappa shape index (κ1) is 72.8. The molecule has 8 rings (SSSR count). The minimum Gasteiger partial charge on any atom is -0.207 e. The van der Waals surface area contributed by atoms with Crippen LogP contribution in [0.5, 0.6) is 0 Å². The van der Waals surface area contributed by atoms with E-state index in [-0.39, 0.29) is 60.8 Å². The Kier molecular flexibility index (Phi) is 31.2. The molecule has 16 heteroatoms. The lowest BCUT2D eigenvalue weighted by Gasteiger charge is -2.03. The Morgan fingerprint density at radius 1 is 0.212 bits per heavy atom. The summed E-state index contributed by atoms with van der Waals surface area (Å²) < 4.78 is 127. The Morgan fingerprint density at radius 2 is 0.500 bits per heavy atom. The van der Waals surface area contributed by atoms with E-state index in [1.54, 1.807) is 71.9 Å². The van der Waals surface area contributed by atoms with Crippen molar-refractivity contribution >= 4 is 69.6 Å². The summed E-state index contributed by atoms with van der Waals surface area (Å²) in [5, 5.41) is 2.67. The molecule has 0 atom stereocenters. The van der Waals surface area contributed by atoms with Crippen LogP contribution in [0, 0.1) is 169 Å². The van der Waals surface area contributed by atoms with E-state index in [2.05, 4.69) is 6.07 Å². The van der Waals surface area contributed by atoms with Gasteiger partial charge in [0.05, 0.1) is 25.1 Å². The van der Waals surface area contributed by atoms with E-state index >= 15 is 0 Å². The molecule has 432 valence electrons. The maximum atomic E-state index is 12.9. The molecule has 0 saturated carbocycles. The molecule has 0 aliphatic carbocycles. The van der Waals surface area contributed by atoms with Gasteiger partial charge in [-0.05, 0) is 225 Å². The SMILES string of the molecule is Cc1cc(F)c(C)c(F)c1Cl.Cc1cc(F)c(C)c(F)c1F.Cc1cc(F)c(C)cc1F.Cc1ccc(C)c(Cl)c1.Cc1ccc(C)c(Cl)c1Cl.Cc1ccc(C)c(Cl)c1F.Cc1ccc(C)c(Cl)c1F.Cc1ccc(C)c(F)c1. The fraction of sp³-hybridized carbons (Fsp3) is 0.250. The fourth-order valence-corrected chi connectivity index (χ4v) is 7.26. The lowest BCUT2D eigenvalue weighted by Crippen LogP contribution is -1.96. The predicted octanol–water partition coefficient (Wildman–Crippen LogP) is 23.7. The van der Waals surface area contributed by atoms with Gasteiger partial charge < -0.3 is 0 Å². The molecule has 8 aromatic rings. The van der Waals surface area contributed by atoms with E-state index in [1.807, 2.05) is 65.0 Å². The highest BCUT2D eigenvalue weighted by molar-refractivity contribution is 6.43. The average Bonchev–Trinajstić information content (AvgIpc) is 3.41. The van der Waals surface area contributed by atoms with Crippen LogP contribution in [0.2, 0.25) is 30.1 Å². The molecule has 0 fully saturated rings. The molecule has 0 aliphatic rings. The minimum absolute atomic E-state index is 0.00361. The van der Waals surface area contributed by atoms with Crippen molar-refractivity contribution in [2.45, 2.75) is 111 Å². The number of benzene rings is 8. The van der Waals surface area contributed by atoms with E-state index in [4.69, 9.17) is 69.6 Å². The minimum atomic E-state index is -1.09. The highest BCUT2D eigenvalue weighted by Gasteiger charge is 2.13. The van der Waals surface area contributed by atoms with Crippen molar-refractivity contribution in [1.82, 2.24) is 0 Å². The van der Waals surface area contributed by atoms with Crippen LogP contribution in [-0.2, 0) is 0 Å². The normalized spacial score (nSPS) is 10.0. The van der Waals surface area contributed by atoms with Crippen molar-refractivity contribution < 1.29 is 43.9 Å². The zero-order valence-corrected chi connectivity index (χ0v) is 51.8. The third-order valence-corrected chi connectivity index (χ3v) is 14.5.